The Morgan fingerprint density at radius 3 is 1.18 bits per heavy atom. The molecule has 0 aromatic carbocycles. The molecule has 0 bridgehead atoms. The van der Waals surface area contributed by atoms with E-state index in [0.29, 0.717) is 12.8 Å². The average Bonchev–Trinajstić information content (AvgIpc) is 0.786. The van der Waals surface area contributed by atoms with E-state index in [1.54, 1.807) is 6.08 Å². The molecule has 12 N–H and O–H groups in total. The number of nitrogens with one attached hydrogen (secondary N) is 1. The first-order chi connectivity index (χ1) is 46.3. The van der Waals surface area contributed by atoms with Gasteiger partial charge in [-0.25, -0.2) is 0 Å². The van der Waals surface area contributed by atoms with Crippen molar-refractivity contribution in [1.29, 1.82) is 0 Å². The third kappa shape index (κ3) is 36.7. The summed E-state index contributed by atoms with van der Waals surface area (Å²) in [6.07, 6.45) is 53.6. The smallest absolute Gasteiger partial charge is 0.220 e. The van der Waals surface area contributed by atoms with Gasteiger partial charge >= 0.3 is 0 Å². The SMILES string of the molecule is CC/C=C\C/C=C\C/C=C\C/C=C\C/C=C\C/C=C\C/C=C\C/C=C\C/C=C\C/C=C\CCCCC(=O)NC(COC1OC(CO)C(OC2OC(CO)C(OC3OC(CO)C(O)C(O)C3O)C(O)C2O)C(O)C1O)C(O)/C=C/CC/C=C/CC/C=C/CCCCCCCCC. The number of hydrogen-bond acceptors (Lipinski definition) is 18. The Balaban J connectivity index is 1.45. The quantitative estimate of drug-likeness (QED) is 0.0199. The molecule has 0 aromatic heterocycles. The van der Waals surface area contributed by atoms with Crippen molar-refractivity contribution < 1.29 is 89.4 Å². The van der Waals surface area contributed by atoms with Crippen molar-refractivity contribution in [3.05, 3.63) is 158 Å². The molecule has 95 heavy (non-hydrogen) atoms. The van der Waals surface area contributed by atoms with E-state index in [0.717, 1.165) is 103 Å². The second-order valence-corrected chi connectivity index (χ2v) is 24.2. The fourth-order valence-corrected chi connectivity index (χ4v) is 10.6. The Bertz CT molecular complexity index is 2340. The number of carbonyl (C=O) groups excluding carboxylic acids is 1. The minimum atomic E-state index is -2.00. The van der Waals surface area contributed by atoms with E-state index in [9.17, 15) is 61.0 Å². The van der Waals surface area contributed by atoms with Crippen molar-refractivity contribution in [2.75, 3.05) is 26.4 Å². The molecule has 3 aliphatic rings. The predicted octanol–water partition coefficient (Wildman–Crippen LogP) is 9.71. The fraction of sp³-hybridized carbons (Fsp3) is 0.645. The van der Waals surface area contributed by atoms with Crippen molar-refractivity contribution in [3.8, 4) is 0 Å². The van der Waals surface area contributed by atoms with E-state index in [-0.39, 0.29) is 12.3 Å². The summed E-state index contributed by atoms with van der Waals surface area (Å²) in [4.78, 5) is 13.4. The van der Waals surface area contributed by atoms with Crippen LogP contribution in [0.15, 0.2) is 158 Å². The Morgan fingerprint density at radius 1 is 0.389 bits per heavy atom. The number of carbonyl (C=O) groups is 1. The first kappa shape index (κ1) is 84.6. The lowest BCUT2D eigenvalue weighted by Gasteiger charge is -2.48. The van der Waals surface area contributed by atoms with E-state index in [2.05, 4.69) is 165 Å². The van der Waals surface area contributed by atoms with E-state index < -0.39 is 131 Å². The summed E-state index contributed by atoms with van der Waals surface area (Å²) in [5.41, 5.74) is 0. The van der Waals surface area contributed by atoms with Crippen molar-refractivity contribution in [2.45, 2.75) is 285 Å². The Hall–Kier alpha value is -4.59. The van der Waals surface area contributed by atoms with E-state index in [1.165, 1.54) is 44.9 Å². The Labute approximate surface area is 567 Å². The van der Waals surface area contributed by atoms with Gasteiger partial charge in [-0.2, -0.15) is 0 Å². The van der Waals surface area contributed by atoms with Gasteiger partial charge in [-0.05, 0) is 122 Å². The summed E-state index contributed by atoms with van der Waals surface area (Å²) in [7, 11) is 0. The van der Waals surface area contributed by atoms with Gasteiger partial charge in [0.1, 0.15) is 73.2 Å². The molecular weight excluding hydrogens is 1210 g/mol. The standard InChI is InChI=1S/C76H121NO18/c1-3-5-7-9-11-13-15-17-19-21-22-23-24-25-26-27-28-29-30-31-32-33-34-35-36-38-40-42-44-46-48-50-52-54-64(82)77-59(60(81)53-51-49-47-45-43-41-39-37-20-18-16-14-12-10-8-6-4-2)58-90-74-70(88)67(85)72(62(56-79)92-74)95-76-71(89)68(86)73(63(57-80)93-76)94-75-69(87)66(84)65(83)61(55-78)91-75/h5,7,11,13,17,19-20,22-23,25-26,28-29,31-32,34-35,37-38,40,43-46,51,53,59-63,65-76,78-81,83-89H,3-4,6,8-10,12,14-16,18,21,24,27,30,33,36,39,41-42,47-50,52,54-58H2,1-2H3,(H,77,82)/b7-5-,13-11-,19-17-,23-22-,26-25-,29-28-,32-31-,35-34-,37-20+,40-38-,45-43+,46-44-,53-51+. The number of ether oxygens (including phenoxy) is 6. The van der Waals surface area contributed by atoms with E-state index in [1.807, 2.05) is 6.08 Å². The zero-order chi connectivity index (χ0) is 68.9. The molecule has 3 aliphatic heterocycles. The molecule has 0 spiro atoms. The van der Waals surface area contributed by atoms with Gasteiger partial charge in [0, 0.05) is 6.42 Å². The summed E-state index contributed by atoms with van der Waals surface area (Å²) < 4.78 is 34.3. The van der Waals surface area contributed by atoms with Crippen molar-refractivity contribution in [3.63, 3.8) is 0 Å². The maximum atomic E-state index is 13.4. The maximum Gasteiger partial charge on any atom is 0.220 e. The van der Waals surface area contributed by atoms with Crippen LogP contribution in [0.3, 0.4) is 0 Å². The highest BCUT2D eigenvalue weighted by molar-refractivity contribution is 5.76. The molecule has 3 saturated heterocycles. The lowest BCUT2D eigenvalue weighted by Crippen LogP contribution is -2.66. The normalized spacial score (nSPS) is 28.2. The van der Waals surface area contributed by atoms with Gasteiger partial charge in [0.05, 0.1) is 38.6 Å². The molecule has 0 radical (unpaired) electrons. The molecule has 1 amide bonds. The molecule has 17 atom stereocenters. The van der Waals surface area contributed by atoms with E-state index >= 15 is 0 Å². The Morgan fingerprint density at radius 2 is 0.737 bits per heavy atom. The molecule has 538 valence electrons. The van der Waals surface area contributed by atoms with Gasteiger partial charge in [0.25, 0.3) is 0 Å². The van der Waals surface area contributed by atoms with Crippen LogP contribution in [-0.4, -0.2) is 193 Å². The Kier molecular flexibility index (Phi) is 49.3. The summed E-state index contributed by atoms with van der Waals surface area (Å²) in [6.45, 7) is 1.52. The van der Waals surface area contributed by atoms with Gasteiger partial charge in [0.15, 0.2) is 18.9 Å². The van der Waals surface area contributed by atoms with Gasteiger partial charge in [-0.1, -0.05) is 210 Å². The summed E-state index contributed by atoms with van der Waals surface area (Å²) in [6, 6.07) is -1.03. The zero-order valence-electron chi connectivity index (χ0n) is 56.8. The van der Waals surface area contributed by atoms with Gasteiger partial charge in [-0.3, -0.25) is 4.79 Å². The predicted molar refractivity (Wildman–Crippen MR) is 373 cm³/mol. The van der Waals surface area contributed by atoms with Crippen LogP contribution in [0, 0.1) is 0 Å². The van der Waals surface area contributed by atoms with Gasteiger partial charge in [0.2, 0.25) is 5.91 Å². The fourth-order valence-electron chi connectivity index (χ4n) is 10.6. The van der Waals surface area contributed by atoms with Crippen LogP contribution in [-0.2, 0) is 33.2 Å². The zero-order valence-corrected chi connectivity index (χ0v) is 56.8. The van der Waals surface area contributed by atoms with E-state index in [4.69, 9.17) is 28.4 Å². The number of aliphatic hydroxyl groups is 11. The molecule has 3 rings (SSSR count). The van der Waals surface area contributed by atoms with Crippen molar-refractivity contribution >= 4 is 5.91 Å². The monoisotopic (exact) mass is 1340 g/mol. The molecule has 0 aliphatic carbocycles. The lowest BCUT2D eigenvalue weighted by atomic mass is 9.96. The third-order valence-corrected chi connectivity index (χ3v) is 16.3. The van der Waals surface area contributed by atoms with Gasteiger partial charge in [-0.15, -0.1) is 0 Å². The van der Waals surface area contributed by atoms with Gasteiger partial charge < -0.3 is 89.9 Å². The minimum Gasteiger partial charge on any atom is -0.394 e. The number of allylic oxidation sites excluding steroid dienone is 25. The largest absolute Gasteiger partial charge is 0.394 e. The van der Waals surface area contributed by atoms with Crippen LogP contribution in [0.5, 0.6) is 0 Å². The molecule has 19 nitrogen and oxygen atoms in total. The molecule has 3 fully saturated rings. The molecule has 0 aromatic rings. The number of aliphatic hydroxyl groups excluding tert-OH is 11. The highest BCUT2D eigenvalue weighted by Crippen LogP contribution is 2.33. The second kappa shape index (κ2) is 55.3. The number of amides is 1. The molecular formula is C76H121NO18. The number of rotatable bonds is 51. The molecule has 0 saturated carbocycles. The number of unbranched alkanes of at least 4 members (excludes halogenated alkanes) is 11. The van der Waals surface area contributed by atoms with Crippen molar-refractivity contribution in [2.24, 2.45) is 0 Å². The maximum absolute atomic E-state index is 13.4. The van der Waals surface area contributed by atoms with Crippen LogP contribution >= 0.6 is 0 Å². The van der Waals surface area contributed by atoms with Crippen LogP contribution in [0.25, 0.3) is 0 Å². The minimum absolute atomic E-state index is 0.165. The van der Waals surface area contributed by atoms with Crippen LogP contribution < -0.4 is 5.32 Å². The summed E-state index contributed by atoms with van der Waals surface area (Å²) in [5.74, 6) is -0.340. The van der Waals surface area contributed by atoms with Crippen molar-refractivity contribution in [1.82, 2.24) is 5.32 Å². The first-order valence-electron chi connectivity index (χ1n) is 35.2. The average molecular weight is 1340 g/mol. The topological polar surface area (TPSA) is 307 Å². The molecule has 3 heterocycles. The van der Waals surface area contributed by atoms with Crippen LogP contribution in [0.2, 0.25) is 0 Å². The summed E-state index contributed by atoms with van der Waals surface area (Å²) >= 11 is 0. The molecule has 17 unspecified atom stereocenters. The third-order valence-electron chi connectivity index (χ3n) is 16.3. The lowest BCUT2D eigenvalue weighted by molar-refractivity contribution is -0.379. The molecule has 19 heteroatoms. The highest BCUT2D eigenvalue weighted by Gasteiger charge is 2.53. The summed E-state index contributed by atoms with van der Waals surface area (Å²) in [5, 5.41) is 120. The second-order valence-electron chi connectivity index (χ2n) is 24.2. The highest BCUT2D eigenvalue weighted by atomic mass is 16.8. The van der Waals surface area contributed by atoms with Crippen LogP contribution in [0.4, 0.5) is 0 Å². The number of hydrogen-bond donors (Lipinski definition) is 12. The van der Waals surface area contributed by atoms with Crippen LogP contribution in [0.1, 0.15) is 181 Å². The first-order valence-corrected chi connectivity index (χ1v) is 35.2.